The fraction of sp³-hybridized carbons (Fsp3) is 0.700. The second-order valence-electron chi connectivity index (χ2n) is 8.55. The summed E-state index contributed by atoms with van der Waals surface area (Å²) in [5, 5.41) is 21.7. The van der Waals surface area contributed by atoms with Crippen LogP contribution in [0.1, 0.15) is 76.0 Å². The minimum Gasteiger partial charge on any atom is -0.508 e. The van der Waals surface area contributed by atoms with Crippen LogP contribution in [0.25, 0.3) is 0 Å². The van der Waals surface area contributed by atoms with E-state index in [1.807, 2.05) is 6.07 Å². The molecule has 2 atom stereocenters. The highest BCUT2D eigenvalue weighted by molar-refractivity contribution is 5.45. The molecule has 1 fully saturated rings. The molecule has 3 rings (SSSR count). The Hall–Kier alpha value is -1.02. The highest BCUT2D eigenvalue weighted by atomic mass is 16.3. The third-order valence-corrected chi connectivity index (χ3v) is 6.19. The van der Waals surface area contributed by atoms with Crippen LogP contribution in [0.2, 0.25) is 0 Å². The van der Waals surface area contributed by atoms with Crippen molar-refractivity contribution < 1.29 is 10.2 Å². The van der Waals surface area contributed by atoms with E-state index in [1.165, 1.54) is 12.0 Å². The maximum Gasteiger partial charge on any atom is 0.119 e. The van der Waals surface area contributed by atoms with Crippen LogP contribution in [0.15, 0.2) is 12.1 Å². The van der Waals surface area contributed by atoms with Crippen molar-refractivity contribution in [2.75, 3.05) is 0 Å². The van der Waals surface area contributed by atoms with Crippen molar-refractivity contribution in [3.05, 3.63) is 28.8 Å². The third-order valence-electron chi connectivity index (χ3n) is 6.19. The van der Waals surface area contributed by atoms with Crippen molar-refractivity contribution >= 4 is 0 Å². The van der Waals surface area contributed by atoms with Crippen molar-refractivity contribution in [2.45, 2.75) is 77.7 Å². The lowest BCUT2D eigenvalue weighted by molar-refractivity contribution is -0.102. The first-order valence-electron chi connectivity index (χ1n) is 8.80. The Morgan fingerprint density at radius 3 is 2.55 bits per heavy atom. The first-order valence-corrected chi connectivity index (χ1v) is 8.80. The fourth-order valence-electron chi connectivity index (χ4n) is 4.98. The van der Waals surface area contributed by atoms with Gasteiger partial charge in [0.1, 0.15) is 5.75 Å². The van der Waals surface area contributed by atoms with Crippen LogP contribution in [-0.4, -0.2) is 15.8 Å². The molecule has 1 aromatic carbocycles. The number of aryl methyl sites for hydroxylation is 1. The van der Waals surface area contributed by atoms with E-state index in [9.17, 15) is 10.2 Å². The second-order valence-corrected chi connectivity index (χ2v) is 8.55. The molecule has 0 unspecified atom stereocenters. The minimum atomic E-state index is -0.598. The summed E-state index contributed by atoms with van der Waals surface area (Å²) in [6.45, 7) is 8.87. The van der Waals surface area contributed by atoms with Crippen LogP contribution in [0.3, 0.4) is 0 Å². The summed E-state index contributed by atoms with van der Waals surface area (Å²) in [7, 11) is 0. The van der Waals surface area contributed by atoms with Gasteiger partial charge in [-0.3, -0.25) is 0 Å². The number of benzene rings is 1. The summed E-state index contributed by atoms with van der Waals surface area (Å²) >= 11 is 0. The maximum atomic E-state index is 11.3. The van der Waals surface area contributed by atoms with Crippen LogP contribution < -0.4 is 0 Å². The first-order chi connectivity index (χ1) is 10.2. The Morgan fingerprint density at radius 2 is 1.86 bits per heavy atom. The second kappa shape index (κ2) is 5.26. The standard InChI is InChI=1S/C20H30O2/c1-13(2)16-10-14-6-7-18-19(3,4)8-5-9-20(18,22)12-15(14)11-17(16)21/h10-11,13,18,21-22H,5-9,12H2,1-4H3/t18-,20+/m1/s1. The Morgan fingerprint density at radius 1 is 1.14 bits per heavy atom. The van der Waals surface area contributed by atoms with Gasteiger partial charge in [0.25, 0.3) is 0 Å². The van der Waals surface area contributed by atoms with Crippen molar-refractivity contribution in [1.82, 2.24) is 0 Å². The summed E-state index contributed by atoms with van der Waals surface area (Å²) in [5.74, 6) is 1.08. The largest absolute Gasteiger partial charge is 0.508 e. The molecular weight excluding hydrogens is 272 g/mol. The maximum absolute atomic E-state index is 11.3. The van der Waals surface area contributed by atoms with Gasteiger partial charge in [0, 0.05) is 6.42 Å². The molecule has 2 N–H and O–H groups in total. The van der Waals surface area contributed by atoms with Crippen LogP contribution in [-0.2, 0) is 12.8 Å². The van der Waals surface area contributed by atoms with E-state index in [4.69, 9.17) is 0 Å². The molecule has 2 aliphatic carbocycles. The SMILES string of the molecule is CC(C)c1cc2c(cc1O)C[C@@]1(O)CCCC(C)(C)[C@H]1CC2. The van der Waals surface area contributed by atoms with Crippen molar-refractivity contribution in [2.24, 2.45) is 11.3 Å². The summed E-state index contributed by atoms with van der Waals surface area (Å²) < 4.78 is 0. The molecule has 2 heteroatoms. The lowest BCUT2D eigenvalue weighted by atomic mass is 9.59. The highest BCUT2D eigenvalue weighted by Gasteiger charge is 2.49. The van der Waals surface area contributed by atoms with Gasteiger partial charge in [0.05, 0.1) is 5.60 Å². The van der Waals surface area contributed by atoms with E-state index in [0.29, 0.717) is 24.0 Å². The molecule has 0 spiro atoms. The zero-order valence-electron chi connectivity index (χ0n) is 14.4. The Bertz CT molecular complexity index is 573. The van der Waals surface area contributed by atoms with E-state index >= 15 is 0 Å². The number of phenolic OH excluding ortho intramolecular Hbond substituents is 1. The van der Waals surface area contributed by atoms with Gasteiger partial charge in [0.2, 0.25) is 0 Å². The predicted molar refractivity (Wildman–Crippen MR) is 90.3 cm³/mol. The molecule has 22 heavy (non-hydrogen) atoms. The molecule has 0 aromatic heterocycles. The van der Waals surface area contributed by atoms with Gasteiger partial charge in [-0.25, -0.2) is 0 Å². The molecule has 0 aliphatic heterocycles. The quantitative estimate of drug-likeness (QED) is 0.798. The zero-order valence-corrected chi connectivity index (χ0v) is 14.4. The van der Waals surface area contributed by atoms with Gasteiger partial charge in [-0.15, -0.1) is 0 Å². The summed E-state index contributed by atoms with van der Waals surface area (Å²) in [4.78, 5) is 0. The number of hydrogen-bond donors (Lipinski definition) is 2. The van der Waals surface area contributed by atoms with Gasteiger partial charge in [0.15, 0.2) is 0 Å². The van der Waals surface area contributed by atoms with Gasteiger partial charge in [-0.2, -0.15) is 0 Å². The van der Waals surface area contributed by atoms with E-state index < -0.39 is 5.60 Å². The summed E-state index contributed by atoms with van der Waals surface area (Å²) in [5.41, 5.74) is 3.14. The van der Waals surface area contributed by atoms with Crippen molar-refractivity contribution in [3.8, 4) is 5.75 Å². The van der Waals surface area contributed by atoms with E-state index in [2.05, 4.69) is 33.8 Å². The molecule has 0 bridgehead atoms. The fourth-order valence-corrected chi connectivity index (χ4v) is 4.98. The van der Waals surface area contributed by atoms with Crippen LogP contribution in [0.4, 0.5) is 0 Å². The van der Waals surface area contributed by atoms with E-state index in [0.717, 1.165) is 36.8 Å². The monoisotopic (exact) mass is 302 g/mol. The lowest BCUT2D eigenvalue weighted by Gasteiger charge is -2.49. The van der Waals surface area contributed by atoms with E-state index in [1.54, 1.807) is 0 Å². The van der Waals surface area contributed by atoms with Crippen LogP contribution >= 0.6 is 0 Å². The number of aliphatic hydroxyl groups is 1. The van der Waals surface area contributed by atoms with Gasteiger partial charge in [-0.1, -0.05) is 40.2 Å². The van der Waals surface area contributed by atoms with Gasteiger partial charge >= 0.3 is 0 Å². The van der Waals surface area contributed by atoms with Gasteiger partial charge < -0.3 is 10.2 Å². The molecule has 0 radical (unpaired) electrons. The normalized spacial score (nSPS) is 30.5. The average molecular weight is 302 g/mol. The zero-order chi connectivity index (χ0) is 16.1. The van der Waals surface area contributed by atoms with E-state index in [-0.39, 0.29) is 5.41 Å². The molecule has 0 amide bonds. The molecule has 0 heterocycles. The molecular formula is C20H30O2. The molecule has 0 saturated heterocycles. The molecule has 2 aliphatic rings. The lowest BCUT2D eigenvalue weighted by Crippen LogP contribution is -2.49. The molecule has 1 saturated carbocycles. The van der Waals surface area contributed by atoms with Crippen LogP contribution in [0.5, 0.6) is 5.75 Å². The Kier molecular flexibility index (Phi) is 3.79. The Balaban J connectivity index is 2.02. The third kappa shape index (κ3) is 2.56. The minimum absolute atomic E-state index is 0.206. The van der Waals surface area contributed by atoms with Gasteiger partial charge in [-0.05, 0) is 65.7 Å². The predicted octanol–water partition coefficient (Wildman–Crippen LogP) is 4.56. The van der Waals surface area contributed by atoms with Crippen molar-refractivity contribution in [1.29, 1.82) is 0 Å². The molecule has 2 nitrogen and oxygen atoms in total. The summed E-state index contributed by atoms with van der Waals surface area (Å²) in [6.07, 6.45) is 5.98. The number of aromatic hydroxyl groups is 1. The number of hydrogen-bond acceptors (Lipinski definition) is 2. The average Bonchev–Trinajstić information content (AvgIpc) is 2.53. The number of rotatable bonds is 1. The number of fused-ring (bicyclic) bond motifs is 2. The highest BCUT2D eigenvalue weighted by Crippen LogP contribution is 2.51. The summed E-state index contributed by atoms with van der Waals surface area (Å²) in [6, 6.07) is 4.11. The molecule has 122 valence electrons. The van der Waals surface area contributed by atoms with Crippen molar-refractivity contribution in [3.63, 3.8) is 0 Å². The van der Waals surface area contributed by atoms with Crippen LogP contribution in [0, 0.1) is 11.3 Å². The number of phenols is 1. The Labute approximate surface area is 134 Å². The topological polar surface area (TPSA) is 40.5 Å². The first kappa shape index (κ1) is 15.9. The molecule has 1 aromatic rings. The smallest absolute Gasteiger partial charge is 0.119 e.